The standard InChI is InChI=1S/C16H16N2O5/c19-17(20)8-2-1-7(12(3-8)18(21)22)6-23-13-5-11-14-9-4-10(9)16(14)15(11)13/h1-3,9-11,13-16H,4-6H2/t9-,10-,11-,13+,14+,15-,16-/m0/s1. The van der Waals surface area contributed by atoms with Crippen molar-refractivity contribution in [2.45, 2.75) is 25.6 Å². The molecule has 0 saturated heterocycles. The third-order valence-electron chi connectivity index (χ3n) is 6.62. The van der Waals surface area contributed by atoms with Crippen molar-refractivity contribution in [2.24, 2.45) is 35.5 Å². The Morgan fingerprint density at radius 1 is 1.00 bits per heavy atom. The molecule has 0 radical (unpaired) electrons. The number of benzene rings is 1. The van der Waals surface area contributed by atoms with E-state index in [1.807, 2.05) is 0 Å². The first kappa shape index (κ1) is 13.4. The molecule has 0 aromatic heterocycles. The van der Waals surface area contributed by atoms with Gasteiger partial charge in [-0.05, 0) is 54.4 Å². The molecule has 23 heavy (non-hydrogen) atoms. The van der Waals surface area contributed by atoms with E-state index in [2.05, 4.69) is 0 Å². The summed E-state index contributed by atoms with van der Waals surface area (Å²) in [6.07, 6.45) is 2.70. The normalized spacial score (nSPS) is 41.3. The first-order valence-electron chi connectivity index (χ1n) is 8.09. The van der Waals surface area contributed by atoms with Crippen LogP contribution >= 0.6 is 0 Å². The Morgan fingerprint density at radius 2 is 1.78 bits per heavy atom. The molecule has 0 bridgehead atoms. The molecule has 1 aromatic rings. The maximum Gasteiger partial charge on any atom is 0.281 e. The number of nitro benzene ring substituents is 2. The number of hydrogen-bond donors (Lipinski definition) is 0. The average molecular weight is 316 g/mol. The van der Waals surface area contributed by atoms with Crippen molar-refractivity contribution in [3.05, 3.63) is 44.0 Å². The van der Waals surface area contributed by atoms with Gasteiger partial charge in [0.2, 0.25) is 0 Å². The Kier molecular flexibility index (Phi) is 2.50. The van der Waals surface area contributed by atoms with E-state index in [1.54, 1.807) is 0 Å². The SMILES string of the molecule is O=[N+]([O-])c1ccc(CO[C@@H]2C[C@H]3[C@H]4[C@H]5C[C@@H]5[C@@H]4[C@@H]32)c([N+](=O)[O-])c1. The molecular formula is C16H16N2O5. The fourth-order valence-electron chi connectivity index (χ4n) is 5.49. The molecule has 4 aliphatic carbocycles. The molecule has 0 unspecified atom stereocenters. The van der Waals surface area contributed by atoms with E-state index in [-0.39, 0.29) is 24.1 Å². The van der Waals surface area contributed by atoms with Gasteiger partial charge in [0, 0.05) is 6.07 Å². The molecule has 7 atom stereocenters. The maximum absolute atomic E-state index is 11.1. The lowest BCUT2D eigenvalue weighted by Crippen LogP contribution is -2.67. The third kappa shape index (κ3) is 1.68. The topological polar surface area (TPSA) is 95.5 Å². The number of nitrogens with zero attached hydrogens (tertiary/aromatic N) is 2. The van der Waals surface area contributed by atoms with Gasteiger partial charge in [-0.2, -0.15) is 0 Å². The van der Waals surface area contributed by atoms with Gasteiger partial charge in [0.05, 0.1) is 34.2 Å². The van der Waals surface area contributed by atoms with Crippen LogP contribution in [0.15, 0.2) is 18.2 Å². The van der Waals surface area contributed by atoms with Gasteiger partial charge in [-0.1, -0.05) is 0 Å². The van der Waals surface area contributed by atoms with Crippen molar-refractivity contribution in [1.29, 1.82) is 0 Å². The lowest BCUT2D eigenvalue weighted by molar-refractivity contribution is -0.394. The second-order valence-corrected chi connectivity index (χ2v) is 7.37. The second kappa shape index (κ2) is 4.29. The second-order valence-electron chi connectivity index (χ2n) is 7.37. The smallest absolute Gasteiger partial charge is 0.281 e. The van der Waals surface area contributed by atoms with E-state index in [9.17, 15) is 20.2 Å². The molecule has 120 valence electrons. The Hall–Kier alpha value is -2.02. The van der Waals surface area contributed by atoms with E-state index in [4.69, 9.17) is 4.74 Å². The summed E-state index contributed by atoms with van der Waals surface area (Å²) in [6.45, 7) is 0.160. The van der Waals surface area contributed by atoms with Crippen LogP contribution in [0.4, 0.5) is 11.4 Å². The summed E-state index contributed by atoms with van der Waals surface area (Å²) >= 11 is 0. The summed E-state index contributed by atoms with van der Waals surface area (Å²) in [6, 6.07) is 3.76. The number of non-ortho nitro benzene ring substituents is 1. The summed E-state index contributed by atoms with van der Waals surface area (Å²) < 4.78 is 5.93. The van der Waals surface area contributed by atoms with Crippen LogP contribution in [0.25, 0.3) is 0 Å². The highest BCUT2D eigenvalue weighted by Gasteiger charge is 2.77. The molecule has 0 amide bonds. The van der Waals surface area contributed by atoms with Gasteiger partial charge in [-0.15, -0.1) is 0 Å². The quantitative estimate of drug-likeness (QED) is 0.614. The average Bonchev–Trinajstić information content (AvgIpc) is 3.20. The Labute approximate surface area is 131 Å². The van der Waals surface area contributed by atoms with Crippen LogP contribution in [0.3, 0.4) is 0 Å². The molecule has 0 N–H and O–H groups in total. The van der Waals surface area contributed by atoms with Crippen molar-refractivity contribution in [2.75, 3.05) is 0 Å². The largest absolute Gasteiger partial charge is 0.373 e. The molecular weight excluding hydrogens is 300 g/mol. The first-order chi connectivity index (χ1) is 11.1. The number of ether oxygens (including phenoxy) is 1. The Balaban J connectivity index is 1.27. The molecule has 1 aromatic carbocycles. The molecule has 4 saturated carbocycles. The first-order valence-corrected chi connectivity index (χ1v) is 8.09. The Morgan fingerprint density at radius 3 is 2.52 bits per heavy atom. The summed E-state index contributed by atoms with van der Waals surface area (Å²) in [5, 5.41) is 21.9. The number of fused-ring (bicyclic) bond motifs is 7. The lowest BCUT2D eigenvalue weighted by atomic mass is 9.38. The molecule has 7 heteroatoms. The van der Waals surface area contributed by atoms with Crippen LogP contribution in [0.2, 0.25) is 0 Å². The van der Waals surface area contributed by atoms with Gasteiger partial charge in [0.15, 0.2) is 0 Å². The third-order valence-corrected chi connectivity index (χ3v) is 6.62. The number of nitro groups is 2. The summed E-state index contributed by atoms with van der Waals surface area (Å²) in [7, 11) is 0. The van der Waals surface area contributed by atoms with Crippen molar-refractivity contribution in [3.8, 4) is 0 Å². The van der Waals surface area contributed by atoms with Crippen molar-refractivity contribution in [1.82, 2.24) is 0 Å². The highest BCUT2D eigenvalue weighted by Crippen LogP contribution is 2.81. The molecule has 0 spiro atoms. The lowest BCUT2D eigenvalue weighted by Gasteiger charge is -2.68. The van der Waals surface area contributed by atoms with E-state index in [0.29, 0.717) is 11.5 Å². The summed E-state index contributed by atoms with van der Waals surface area (Å²) in [5.41, 5.74) is -0.0782. The Bertz CT molecular complexity index is 735. The van der Waals surface area contributed by atoms with Crippen molar-refractivity contribution < 1.29 is 14.6 Å². The number of rotatable bonds is 5. The molecule has 5 rings (SSSR count). The van der Waals surface area contributed by atoms with E-state index >= 15 is 0 Å². The van der Waals surface area contributed by atoms with Gasteiger partial charge < -0.3 is 4.74 Å². The maximum atomic E-state index is 11.1. The fraction of sp³-hybridized carbons (Fsp3) is 0.625. The molecule has 0 heterocycles. The number of hydrogen-bond acceptors (Lipinski definition) is 5. The van der Waals surface area contributed by atoms with Gasteiger partial charge in [-0.3, -0.25) is 20.2 Å². The summed E-state index contributed by atoms with van der Waals surface area (Å²) in [4.78, 5) is 20.7. The zero-order chi connectivity index (χ0) is 15.9. The summed E-state index contributed by atoms with van der Waals surface area (Å²) in [5.74, 6) is 5.27. The van der Waals surface area contributed by atoms with Crippen LogP contribution in [0.1, 0.15) is 18.4 Å². The van der Waals surface area contributed by atoms with Crippen LogP contribution in [0, 0.1) is 55.7 Å². The van der Waals surface area contributed by atoms with Gasteiger partial charge in [0.25, 0.3) is 11.4 Å². The molecule has 4 aliphatic rings. The molecule has 7 nitrogen and oxygen atoms in total. The highest BCUT2D eigenvalue weighted by molar-refractivity contribution is 5.48. The minimum Gasteiger partial charge on any atom is -0.373 e. The highest BCUT2D eigenvalue weighted by atomic mass is 16.6. The van der Waals surface area contributed by atoms with Crippen LogP contribution in [-0.4, -0.2) is 16.0 Å². The van der Waals surface area contributed by atoms with Gasteiger partial charge in [-0.25, -0.2) is 0 Å². The van der Waals surface area contributed by atoms with E-state index in [1.165, 1.54) is 18.6 Å². The van der Waals surface area contributed by atoms with Crippen LogP contribution < -0.4 is 0 Å². The van der Waals surface area contributed by atoms with Crippen molar-refractivity contribution >= 4 is 11.4 Å². The van der Waals surface area contributed by atoms with Crippen LogP contribution in [-0.2, 0) is 11.3 Å². The van der Waals surface area contributed by atoms with Crippen LogP contribution in [0.5, 0.6) is 0 Å². The van der Waals surface area contributed by atoms with E-state index in [0.717, 1.165) is 42.1 Å². The zero-order valence-corrected chi connectivity index (χ0v) is 12.3. The minimum absolute atomic E-state index is 0.160. The fourth-order valence-corrected chi connectivity index (χ4v) is 5.49. The monoisotopic (exact) mass is 316 g/mol. The minimum atomic E-state index is -0.620. The van der Waals surface area contributed by atoms with Gasteiger partial charge >= 0.3 is 0 Å². The zero-order valence-electron chi connectivity index (χ0n) is 12.3. The predicted molar refractivity (Wildman–Crippen MR) is 78.5 cm³/mol. The molecule has 0 aliphatic heterocycles. The van der Waals surface area contributed by atoms with Crippen molar-refractivity contribution in [3.63, 3.8) is 0 Å². The molecule has 4 fully saturated rings. The van der Waals surface area contributed by atoms with E-state index < -0.39 is 9.85 Å². The van der Waals surface area contributed by atoms with Gasteiger partial charge in [0.1, 0.15) is 0 Å². The predicted octanol–water partition coefficient (Wildman–Crippen LogP) is 2.92.